The quantitative estimate of drug-likeness (QED) is 0.512. The van der Waals surface area contributed by atoms with E-state index >= 15 is 0 Å². The topological polar surface area (TPSA) is 90.2 Å². The van der Waals surface area contributed by atoms with Crippen LogP contribution in [0.4, 0.5) is 4.39 Å². The van der Waals surface area contributed by atoms with E-state index in [9.17, 15) is 14.0 Å². The molecule has 33 heavy (non-hydrogen) atoms. The lowest BCUT2D eigenvalue weighted by atomic mass is 9.78. The van der Waals surface area contributed by atoms with Crippen LogP contribution in [-0.2, 0) is 9.53 Å². The normalized spacial score (nSPS) is 15.3. The number of benzene rings is 2. The summed E-state index contributed by atoms with van der Waals surface area (Å²) in [6, 6.07) is 13.5. The third-order valence-corrected chi connectivity index (χ3v) is 6.11. The lowest BCUT2D eigenvalue weighted by Crippen LogP contribution is -2.40. The molecule has 4 rings (SSSR count). The second-order valence-electron chi connectivity index (χ2n) is 8.10. The molecule has 9 heteroatoms. The molecule has 1 aliphatic heterocycles. The van der Waals surface area contributed by atoms with Crippen LogP contribution in [-0.4, -0.2) is 56.7 Å². The molecular weight excluding hydrogens is 425 g/mol. The zero-order chi connectivity index (χ0) is 23.2. The van der Waals surface area contributed by atoms with Gasteiger partial charge in [0.2, 0.25) is 0 Å². The second-order valence-corrected chi connectivity index (χ2v) is 8.10. The van der Waals surface area contributed by atoms with Gasteiger partial charge in [0.25, 0.3) is 5.91 Å². The van der Waals surface area contributed by atoms with Gasteiger partial charge in [-0.3, -0.25) is 9.59 Å². The standard InChI is InChI=1S/C24H26FN5O3/c1-2-33-23(31)15-22(17-3-7-20(25)8-4-17)18-11-13-29(14-12-18)24(32)19-5-9-21(10-6-19)30-16-26-27-28-30/h3-10,16,18,22H,2,11-15H2,1H3. The maximum absolute atomic E-state index is 13.4. The van der Waals surface area contributed by atoms with Gasteiger partial charge in [0.1, 0.15) is 12.1 Å². The minimum absolute atomic E-state index is 0.0274. The molecule has 1 aliphatic rings. The Kier molecular flexibility index (Phi) is 7.07. The number of esters is 1. The first kappa shape index (κ1) is 22.6. The first-order valence-corrected chi connectivity index (χ1v) is 11.1. The van der Waals surface area contributed by atoms with Crippen LogP contribution in [0, 0.1) is 11.7 Å². The Morgan fingerprint density at radius 3 is 2.39 bits per heavy atom. The van der Waals surface area contributed by atoms with Crippen molar-refractivity contribution < 1.29 is 18.7 Å². The predicted octanol–water partition coefficient (Wildman–Crippen LogP) is 3.39. The third-order valence-electron chi connectivity index (χ3n) is 6.11. The van der Waals surface area contributed by atoms with E-state index in [1.165, 1.54) is 23.1 Å². The zero-order valence-corrected chi connectivity index (χ0v) is 18.4. The molecule has 1 aromatic heterocycles. The van der Waals surface area contributed by atoms with Crippen molar-refractivity contribution in [3.05, 3.63) is 71.8 Å². The van der Waals surface area contributed by atoms with Crippen molar-refractivity contribution in [1.82, 2.24) is 25.1 Å². The predicted molar refractivity (Wildman–Crippen MR) is 118 cm³/mol. The van der Waals surface area contributed by atoms with Crippen molar-refractivity contribution in [2.45, 2.75) is 32.1 Å². The van der Waals surface area contributed by atoms with Gasteiger partial charge in [-0.2, -0.15) is 0 Å². The highest BCUT2D eigenvalue weighted by Crippen LogP contribution is 2.36. The number of halogens is 1. The van der Waals surface area contributed by atoms with Crippen LogP contribution in [0.2, 0.25) is 0 Å². The number of aromatic nitrogens is 4. The second kappa shape index (κ2) is 10.3. The van der Waals surface area contributed by atoms with Crippen molar-refractivity contribution in [2.24, 2.45) is 5.92 Å². The third kappa shape index (κ3) is 5.42. The van der Waals surface area contributed by atoms with Gasteiger partial charge in [-0.15, -0.1) is 5.10 Å². The Morgan fingerprint density at radius 2 is 1.79 bits per heavy atom. The molecule has 0 aliphatic carbocycles. The van der Waals surface area contributed by atoms with Crippen molar-refractivity contribution in [2.75, 3.05) is 19.7 Å². The molecule has 2 heterocycles. The number of amides is 1. The number of ether oxygens (including phenoxy) is 1. The number of likely N-dealkylation sites (tertiary alicyclic amines) is 1. The summed E-state index contributed by atoms with van der Waals surface area (Å²) in [7, 11) is 0. The Labute approximate surface area is 191 Å². The molecule has 1 unspecified atom stereocenters. The number of hydrogen-bond donors (Lipinski definition) is 0. The molecule has 1 atom stereocenters. The number of rotatable bonds is 7. The van der Waals surface area contributed by atoms with Gasteiger partial charge in [0, 0.05) is 18.7 Å². The summed E-state index contributed by atoms with van der Waals surface area (Å²) in [6.07, 6.45) is 3.26. The Morgan fingerprint density at radius 1 is 1.09 bits per heavy atom. The van der Waals surface area contributed by atoms with Crippen molar-refractivity contribution in [3.8, 4) is 5.69 Å². The molecule has 1 fully saturated rings. The van der Waals surface area contributed by atoms with E-state index in [-0.39, 0.29) is 36.0 Å². The van der Waals surface area contributed by atoms with Crippen molar-refractivity contribution >= 4 is 11.9 Å². The fourth-order valence-electron chi connectivity index (χ4n) is 4.39. The number of piperidine rings is 1. The van der Waals surface area contributed by atoms with E-state index in [1.54, 1.807) is 43.3 Å². The Hall–Kier alpha value is -3.62. The molecule has 0 saturated carbocycles. The van der Waals surface area contributed by atoms with Crippen molar-refractivity contribution in [3.63, 3.8) is 0 Å². The van der Waals surface area contributed by atoms with E-state index in [2.05, 4.69) is 15.5 Å². The van der Waals surface area contributed by atoms with Gasteiger partial charge in [-0.1, -0.05) is 12.1 Å². The number of nitrogens with zero attached hydrogens (tertiary/aromatic N) is 5. The molecule has 1 amide bonds. The van der Waals surface area contributed by atoms with Crippen LogP contribution in [0.15, 0.2) is 54.9 Å². The van der Waals surface area contributed by atoms with Gasteiger partial charge in [-0.25, -0.2) is 9.07 Å². The van der Waals surface area contributed by atoms with Crippen LogP contribution < -0.4 is 0 Å². The monoisotopic (exact) mass is 451 g/mol. The van der Waals surface area contributed by atoms with Crippen LogP contribution in [0.3, 0.4) is 0 Å². The molecule has 1 saturated heterocycles. The molecule has 0 spiro atoms. The molecule has 3 aromatic rings. The van der Waals surface area contributed by atoms with E-state index in [0.29, 0.717) is 25.3 Å². The largest absolute Gasteiger partial charge is 0.466 e. The summed E-state index contributed by atoms with van der Waals surface area (Å²) in [4.78, 5) is 27.1. The molecule has 8 nitrogen and oxygen atoms in total. The highest BCUT2D eigenvalue weighted by Gasteiger charge is 2.31. The SMILES string of the molecule is CCOC(=O)CC(c1ccc(F)cc1)C1CCN(C(=O)c2ccc(-n3cnnn3)cc2)CC1. The first-order valence-electron chi connectivity index (χ1n) is 11.1. The van der Waals surface area contributed by atoms with Gasteiger partial charge < -0.3 is 9.64 Å². The number of carbonyl (C=O) groups excluding carboxylic acids is 2. The first-order chi connectivity index (χ1) is 16.0. The fraction of sp³-hybridized carbons (Fsp3) is 0.375. The average Bonchev–Trinajstić information content (AvgIpc) is 3.38. The maximum Gasteiger partial charge on any atom is 0.306 e. The molecule has 0 N–H and O–H groups in total. The molecule has 172 valence electrons. The van der Waals surface area contributed by atoms with E-state index < -0.39 is 0 Å². The molecule has 0 radical (unpaired) electrons. The summed E-state index contributed by atoms with van der Waals surface area (Å²) < 4.78 is 20.1. The summed E-state index contributed by atoms with van der Waals surface area (Å²) in [5.74, 6) is -0.461. The zero-order valence-electron chi connectivity index (χ0n) is 18.4. The molecular formula is C24H26FN5O3. The molecule has 0 bridgehead atoms. The number of hydrogen-bond acceptors (Lipinski definition) is 6. The smallest absolute Gasteiger partial charge is 0.306 e. The highest BCUT2D eigenvalue weighted by molar-refractivity contribution is 5.94. The maximum atomic E-state index is 13.4. The number of tetrazole rings is 1. The van der Waals surface area contributed by atoms with Crippen LogP contribution in [0.5, 0.6) is 0 Å². The fourth-order valence-corrected chi connectivity index (χ4v) is 4.39. The van der Waals surface area contributed by atoms with Gasteiger partial charge in [0.15, 0.2) is 0 Å². The van der Waals surface area contributed by atoms with Crippen LogP contribution in [0.25, 0.3) is 5.69 Å². The summed E-state index contributed by atoms with van der Waals surface area (Å²) in [6.45, 7) is 3.30. The van der Waals surface area contributed by atoms with Gasteiger partial charge in [0.05, 0.1) is 18.7 Å². The highest BCUT2D eigenvalue weighted by atomic mass is 19.1. The van der Waals surface area contributed by atoms with E-state index in [0.717, 1.165) is 24.1 Å². The molecule has 2 aromatic carbocycles. The Bertz CT molecular complexity index is 1060. The minimum atomic E-state index is -0.305. The minimum Gasteiger partial charge on any atom is -0.466 e. The lowest BCUT2D eigenvalue weighted by molar-refractivity contribution is -0.144. The van der Waals surface area contributed by atoms with E-state index in [1.807, 2.05) is 4.90 Å². The number of carbonyl (C=O) groups is 2. The van der Waals surface area contributed by atoms with E-state index in [4.69, 9.17) is 4.74 Å². The Balaban J connectivity index is 1.41. The average molecular weight is 452 g/mol. The van der Waals surface area contributed by atoms with Crippen LogP contribution >= 0.6 is 0 Å². The summed E-state index contributed by atoms with van der Waals surface area (Å²) in [5.41, 5.74) is 2.30. The van der Waals surface area contributed by atoms with Crippen LogP contribution in [0.1, 0.15) is 48.0 Å². The summed E-state index contributed by atoms with van der Waals surface area (Å²) in [5, 5.41) is 11.1. The van der Waals surface area contributed by atoms with Crippen molar-refractivity contribution in [1.29, 1.82) is 0 Å². The lowest BCUT2D eigenvalue weighted by Gasteiger charge is -2.36. The summed E-state index contributed by atoms with van der Waals surface area (Å²) >= 11 is 0. The van der Waals surface area contributed by atoms with Gasteiger partial charge >= 0.3 is 5.97 Å². The van der Waals surface area contributed by atoms with Gasteiger partial charge in [-0.05, 0) is 84.0 Å².